The molecule has 0 unspecified atom stereocenters. The van der Waals surface area contributed by atoms with E-state index in [9.17, 15) is 0 Å². The number of ether oxygens (including phenoxy) is 1. The molecule has 2 aromatic heterocycles. The summed E-state index contributed by atoms with van der Waals surface area (Å²) >= 11 is 0. The SMILES string of the molecule is Cc1cc(NCCCN2CCOCC2)c2nncn2n1. The van der Waals surface area contributed by atoms with Gasteiger partial charge in [-0.05, 0) is 26.0 Å². The first-order valence-corrected chi connectivity index (χ1v) is 7.04. The number of anilines is 1. The van der Waals surface area contributed by atoms with Crippen molar-refractivity contribution in [1.82, 2.24) is 24.7 Å². The second kappa shape index (κ2) is 6.15. The molecule has 0 atom stereocenters. The van der Waals surface area contributed by atoms with E-state index in [2.05, 4.69) is 25.5 Å². The van der Waals surface area contributed by atoms with Crippen LogP contribution in [0.2, 0.25) is 0 Å². The highest BCUT2D eigenvalue weighted by atomic mass is 16.5. The zero-order chi connectivity index (χ0) is 13.8. The van der Waals surface area contributed by atoms with Gasteiger partial charge in [0.05, 0.1) is 24.6 Å². The molecule has 2 aromatic rings. The molecule has 3 heterocycles. The van der Waals surface area contributed by atoms with Gasteiger partial charge in [-0.2, -0.15) is 9.61 Å². The van der Waals surface area contributed by atoms with E-state index in [4.69, 9.17) is 4.74 Å². The van der Waals surface area contributed by atoms with E-state index in [1.165, 1.54) is 0 Å². The molecular weight excluding hydrogens is 256 g/mol. The molecule has 20 heavy (non-hydrogen) atoms. The predicted molar refractivity (Wildman–Crippen MR) is 75.9 cm³/mol. The Labute approximate surface area is 117 Å². The Hall–Kier alpha value is -1.73. The van der Waals surface area contributed by atoms with Crippen molar-refractivity contribution >= 4 is 11.3 Å². The lowest BCUT2D eigenvalue weighted by atomic mass is 10.3. The number of fused-ring (bicyclic) bond motifs is 1. The second-order valence-electron chi connectivity index (χ2n) is 5.03. The fourth-order valence-corrected chi connectivity index (χ4v) is 2.43. The van der Waals surface area contributed by atoms with E-state index in [0.717, 1.165) is 62.8 Å². The fourth-order valence-electron chi connectivity index (χ4n) is 2.43. The minimum absolute atomic E-state index is 0.780. The number of nitrogens with one attached hydrogen (secondary N) is 1. The van der Waals surface area contributed by atoms with Gasteiger partial charge >= 0.3 is 0 Å². The van der Waals surface area contributed by atoms with Gasteiger partial charge in [0.2, 0.25) is 5.65 Å². The molecule has 1 fully saturated rings. The van der Waals surface area contributed by atoms with Gasteiger partial charge in [-0.15, -0.1) is 10.2 Å². The number of aryl methyl sites for hydroxylation is 1. The van der Waals surface area contributed by atoms with Crippen LogP contribution in [0, 0.1) is 6.92 Å². The maximum absolute atomic E-state index is 5.35. The molecule has 3 rings (SSSR count). The highest BCUT2D eigenvalue weighted by Crippen LogP contribution is 2.14. The monoisotopic (exact) mass is 276 g/mol. The summed E-state index contributed by atoms with van der Waals surface area (Å²) in [4.78, 5) is 2.44. The standard InChI is InChI=1S/C13H20N6O/c1-11-9-12(13-16-15-10-19(13)17-11)14-3-2-4-18-5-7-20-8-6-18/h9-10,14H,2-8H2,1H3. The summed E-state index contributed by atoms with van der Waals surface area (Å²) in [5.41, 5.74) is 2.73. The number of rotatable bonds is 5. The Morgan fingerprint density at radius 2 is 2.20 bits per heavy atom. The molecule has 1 saturated heterocycles. The minimum atomic E-state index is 0.780. The van der Waals surface area contributed by atoms with Crippen LogP contribution in [0.5, 0.6) is 0 Å². The van der Waals surface area contributed by atoms with Crippen LogP contribution in [0.3, 0.4) is 0 Å². The number of morpholine rings is 1. The fraction of sp³-hybridized carbons (Fsp3) is 0.615. The van der Waals surface area contributed by atoms with E-state index in [-0.39, 0.29) is 0 Å². The van der Waals surface area contributed by atoms with Crippen LogP contribution in [-0.4, -0.2) is 64.1 Å². The van der Waals surface area contributed by atoms with E-state index >= 15 is 0 Å². The average Bonchev–Trinajstić information content (AvgIpc) is 2.92. The van der Waals surface area contributed by atoms with Crippen molar-refractivity contribution in [2.45, 2.75) is 13.3 Å². The Morgan fingerprint density at radius 3 is 3.05 bits per heavy atom. The van der Waals surface area contributed by atoms with E-state index in [0.29, 0.717) is 0 Å². The van der Waals surface area contributed by atoms with Crippen LogP contribution >= 0.6 is 0 Å². The highest BCUT2D eigenvalue weighted by molar-refractivity contribution is 5.66. The smallest absolute Gasteiger partial charge is 0.200 e. The van der Waals surface area contributed by atoms with Crippen LogP contribution in [0.25, 0.3) is 5.65 Å². The zero-order valence-corrected chi connectivity index (χ0v) is 11.7. The van der Waals surface area contributed by atoms with Crippen molar-refractivity contribution in [3.05, 3.63) is 18.1 Å². The quantitative estimate of drug-likeness (QED) is 0.805. The lowest BCUT2D eigenvalue weighted by Gasteiger charge is -2.26. The lowest BCUT2D eigenvalue weighted by Crippen LogP contribution is -2.37. The molecule has 0 bridgehead atoms. The second-order valence-corrected chi connectivity index (χ2v) is 5.03. The van der Waals surface area contributed by atoms with Crippen molar-refractivity contribution in [2.75, 3.05) is 44.7 Å². The third kappa shape index (κ3) is 3.05. The molecular formula is C13H20N6O. The van der Waals surface area contributed by atoms with Crippen LogP contribution in [-0.2, 0) is 4.74 Å². The van der Waals surface area contributed by atoms with Crippen molar-refractivity contribution in [3.63, 3.8) is 0 Å². The lowest BCUT2D eigenvalue weighted by molar-refractivity contribution is 0.0378. The number of aromatic nitrogens is 4. The minimum Gasteiger partial charge on any atom is -0.382 e. The molecule has 108 valence electrons. The maximum atomic E-state index is 5.35. The largest absolute Gasteiger partial charge is 0.382 e. The molecule has 1 aliphatic heterocycles. The summed E-state index contributed by atoms with van der Waals surface area (Å²) in [7, 11) is 0. The molecule has 0 spiro atoms. The van der Waals surface area contributed by atoms with Crippen molar-refractivity contribution in [3.8, 4) is 0 Å². The van der Waals surface area contributed by atoms with Gasteiger partial charge in [-0.1, -0.05) is 0 Å². The maximum Gasteiger partial charge on any atom is 0.200 e. The normalized spacial score (nSPS) is 16.6. The van der Waals surface area contributed by atoms with Gasteiger partial charge in [0.25, 0.3) is 0 Å². The molecule has 7 nitrogen and oxygen atoms in total. The first-order valence-electron chi connectivity index (χ1n) is 7.04. The highest BCUT2D eigenvalue weighted by Gasteiger charge is 2.10. The first kappa shape index (κ1) is 13.3. The molecule has 0 aromatic carbocycles. The summed E-state index contributed by atoms with van der Waals surface area (Å²) < 4.78 is 7.05. The first-order chi connectivity index (χ1) is 9.83. The number of hydrogen-bond donors (Lipinski definition) is 1. The van der Waals surface area contributed by atoms with Gasteiger partial charge < -0.3 is 10.1 Å². The molecule has 0 radical (unpaired) electrons. The van der Waals surface area contributed by atoms with Crippen LogP contribution in [0.15, 0.2) is 12.4 Å². The van der Waals surface area contributed by atoms with Gasteiger partial charge in [0, 0.05) is 19.6 Å². The summed E-state index contributed by atoms with van der Waals surface area (Å²) in [6.07, 6.45) is 2.73. The van der Waals surface area contributed by atoms with Gasteiger partial charge in [-0.3, -0.25) is 4.90 Å². The molecule has 0 saturated carbocycles. The summed E-state index contributed by atoms with van der Waals surface area (Å²) in [6, 6.07) is 2.01. The van der Waals surface area contributed by atoms with Crippen molar-refractivity contribution < 1.29 is 4.74 Å². The van der Waals surface area contributed by atoms with Crippen LogP contribution in [0.1, 0.15) is 12.1 Å². The van der Waals surface area contributed by atoms with E-state index in [1.54, 1.807) is 10.8 Å². The number of hydrogen-bond acceptors (Lipinski definition) is 6. The predicted octanol–water partition coefficient (Wildman–Crippen LogP) is 0.567. The Bertz CT molecular complexity index is 563. The zero-order valence-electron chi connectivity index (χ0n) is 11.7. The van der Waals surface area contributed by atoms with Crippen molar-refractivity contribution in [1.29, 1.82) is 0 Å². The Balaban J connectivity index is 1.53. The van der Waals surface area contributed by atoms with Gasteiger partial charge in [0.1, 0.15) is 6.33 Å². The Kier molecular flexibility index (Phi) is 4.08. The van der Waals surface area contributed by atoms with Crippen LogP contribution < -0.4 is 5.32 Å². The summed E-state index contributed by atoms with van der Waals surface area (Å²) in [5.74, 6) is 0. The van der Waals surface area contributed by atoms with E-state index in [1.807, 2.05) is 13.0 Å². The molecule has 0 amide bonds. The summed E-state index contributed by atoms with van der Waals surface area (Å²) in [5, 5.41) is 15.7. The number of nitrogens with zero attached hydrogens (tertiary/aromatic N) is 5. The topological polar surface area (TPSA) is 67.6 Å². The Morgan fingerprint density at radius 1 is 1.35 bits per heavy atom. The third-order valence-corrected chi connectivity index (χ3v) is 3.46. The molecule has 7 heteroatoms. The van der Waals surface area contributed by atoms with Crippen molar-refractivity contribution in [2.24, 2.45) is 0 Å². The molecule has 0 aliphatic carbocycles. The van der Waals surface area contributed by atoms with E-state index < -0.39 is 0 Å². The average molecular weight is 276 g/mol. The van der Waals surface area contributed by atoms with Gasteiger partial charge in [-0.25, -0.2) is 0 Å². The third-order valence-electron chi connectivity index (χ3n) is 3.46. The van der Waals surface area contributed by atoms with Crippen LogP contribution in [0.4, 0.5) is 5.69 Å². The molecule has 1 aliphatic rings. The molecule has 1 N–H and O–H groups in total. The van der Waals surface area contributed by atoms with Gasteiger partial charge in [0.15, 0.2) is 0 Å². The summed E-state index contributed by atoms with van der Waals surface area (Å²) in [6.45, 7) is 7.80.